The van der Waals surface area contributed by atoms with Crippen molar-refractivity contribution < 1.29 is 14.2 Å². The first-order valence-electron chi connectivity index (χ1n) is 6.88. The van der Waals surface area contributed by atoms with Crippen LogP contribution in [0.3, 0.4) is 0 Å². The zero-order chi connectivity index (χ0) is 15.6. The van der Waals surface area contributed by atoms with Gasteiger partial charge in [-0.25, -0.2) is 4.99 Å². The highest BCUT2D eigenvalue weighted by Crippen LogP contribution is 2.30. The van der Waals surface area contributed by atoms with Gasteiger partial charge in [-0.15, -0.1) is 0 Å². The summed E-state index contributed by atoms with van der Waals surface area (Å²) in [6.07, 6.45) is 1.28. The van der Waals surface area contributed by atoms with Crippen molar-refractivity contribution in [3.63, 3.8) is 0 Å². The molecular weight excluding hydrogens is 272 g/mol. The van der Waals surface area contributed by atoms with Gasteiger partial charge in [0.1, 0.15) is 23.9 Å². The number of likely N-dealkylation sites (N-methyl/N-ethyl adjacent to an activating group) is 1. The minimum Gasteiger partial charge on any atom is -0.383 e. The van der Waals surface area contributed by atoms with Gasteiger partial charge < -0.3 is 30.2 Å². The number of amidine groups is 1. The second-order valence-electron chi connectivity index (χ2n) is 5.17. The van der Waals surface area contributed by atoms with Crippen molar-refractivity contribution in [2.45, 2.75) is 31.4 Å². The third-order valence-electron chi connectivity index (χ3n) is 3.84. The van der Waals surface area contributed by atoms with E-state index in [2.05, 4.69) is 16.9 Å². The summed E-state index contributed by atoms with van der Waals surface area (Å²) in [6, 6.07) is 0.0182. The fraction of sp³-hybridized carbons (Fsp3) is 0.643. The number of hydrogen-bond donors (Lipinski definition) is 2. The van der Waals surface area contributed by atoms with Gasteiger partial charge in [-0.3, -0.25) is 0 Å². The molecule has 2 unspecified atom stereocenters. The summed E-state index contributed by atoms with van der Waals surface area (Å²) in [7, 11) is 5.20. The average Bonchev–Trinajstić information content (AvgIpc) is 2.80. The van der Waals surface area contributed by atoms with E-state index in [1.807, 2.05) is 25.1 Å². The summed E-state index contributed by atoms with van der Waals surface area (Å²) in [5.74, 6) is 1.01. The van der Waals surface area contributed by atoms with Crippen LogP contribution in [0.15, 0.2) is 29.2 Å². The largest absolute Gasteiger partial charge is 0.383 e. The van der Waals surface area contributed by atoms with Gasteiger partial charge in [0.25, 0.3) is 0 Å². The molecule has 3 N–H and O–H groups in total. The SMILES string of the molecule is C=C1N=C(N)C(C)=CN1[C@@H]1O[C@H](COC)C(NC)C1OC. The fourth-order valence-corrected chi connectivity index (χ4v) is 2.73. The van der Waals surface area contributed by atoms with Crippen LogP contribution in [0.2, 0.25) is 0 Å². The lowest BCUT2D eigenvalue weighted by atomic mass is 10.1. The highest BCUT2D eigenvalue weighted by Gasteiger charge is 2.47. The van der Waals surface area contributed by atoms with Gasteiger partial charge in [0.05, 0.1) is 12.6 Å². The molecule has 2 aliphatic rings. The van der Waals surface area contributed by atoms with Crippen LogP contribution in [0.4, 0.5) is 0 Å². The van der Waals surface area contributed by atoms with Crippen molar-refractivity contribution in [3.05, 3.63) is 24.2 Å². The Balaban J connectivity index is 2.24. The number of nitrogens with two attached hydrogens (primary N) is 1. The van der Waals surface area contributed by atoms with Crippen LogP contribution in [0.1, 0.15) is 6.92 Å². The Morgan fingerprint density at radius 1 is 1.52 bits per heavy atom. The molecule has 0 aromatic rings. The maximum atomic E-state index is 6.10. The first-order chi connectivity index (χ1) is 10.0. The van der Waals surface area contributed by atoms with Gasteiger partial charge in [0, 0.05) is 26.0 Å². The molecule has 2 heterocycles. The van der Waals surface area contributed by atoms with E-state index in [-0.39, 0.29) is 24.5 Å². The normalized spacial score (nSPS) is 33.1. The molecule has 21 heavy (non-hydrogen) atoms. The van der Waals surface area contributed by atoms with E-state index < -0.39 is 0 Å². The number of ether oxygens (including phenoxy) is 3. The molecule has 0 spiro atoms. The molecule has 0 amide bonds. The molecule has 0 aromatic heterocycles. The molecule has 7 nitrogen and oxygen atoms in total. The third-order valence-corrected chi connectivity index (χ3v) is 3.84. The minimum absolute atomic E-state index is 0.0182. The van der Waals surface area contributed by atoms with Crippen LogP contribution >= 0.6 is 0 Å². The Bertz CT molecular complexity index is 463. The number of methoxy groups -OCH3 is 2. The summed E-state index contributed by atoms with van der Waals surface area (Å²) in [6.45, 7) is 6.32. The number of nitrogens with one attached hydrogen (secondary N) is 1. The van der Waals surface area contributed by atoms with Gasteiger partial charge in [0.2, 0.25) is 0 Å². The maximum Gasteiger partial charge on any atom is 0.163 e. The molecule has 0 aromatic carbocycles. The van der Waals surface area contributed by atoms with Crippen LogP contribution in [-0.4, -0.2) is 63.1 Å². The predicted octanol–water partition coefficient (Wildman–Crippen LogP) is 0.00850. The van der Waals surface area contributed by atoms with E-state index in [1.165, 1.54) is 0 Å². The fourth-order valence-electron chi connectivity index (χ4n) is 2.73. The van der Waals surface area contributed by atoms with E-state index in [1.54, 1.807) is 14.2 Å². The first-order valence-corrected chi connectivity index (χ1v) is 6.88. The topological polar surface area (TPSA) is 81.3 Å². The van der Waals surface area contributed by atoms with Crippen LogP contribution in [0.5, 0.6) is 0 Å². The van der Waals surface area contributed by atoms with Gasteiger partial charge in [-0.05, 0) is 14.0 Å². The van der Waals surface area contributed by atoms with Gasteiger partial charge >= 0.3 is 0 Å². The van der Waals surface area contributed by atoms with E-state index >= 15 is 0 Å². The molecular formula is C14H24N4O3. The lowest BCUT2D eigenvalue weighted by Gasteiger charge is -2.33. The van der Waals surface area contributed by atoms with Gasteiger partial charge in [-0.2, -0.15) is 0 Å². The van der Waals surface area contributed by atoms with Crippen molar-refractivity contribution >= 4 is 5.84 Å². The van der Waals surface area contributed by atoms with E-state index in [0.717, 1.165) is 5.57 Å². The highest BCUT2D eigenvalue weighted by molar-refractivity contribution is 5.97. The van der Waals surface area contributed by atoms with Crippen molar-refractivity contribution in [1.82, 2.24) is 10.2 Å². The lowest BCUT2D eigenvalue weighted by Crippen LogP contribution is -2.48. The Morgan fingerprint density at radius 3 is 2.81 bits per heavy atom. The molecule has 1 saturated heterocycles. The smallest absolute Gasteiger partial charge is 0.163 e. The number of rotatable bonds is 5. The van der Waals surface area contributed by atoms with Gasteiger partial charge in [0.15, 0.2) is 6.23 Å². The summed E-state index contributed by atoms with van der Waals surface area (Å²) in [4.78, 5) is 6.11. The summed E-state index contributed by atoms with van der Waals surface area (Å²) >= 11 is 0. The van der Waals surface area contributed by atoms with Crippen molar-refractivity contribution in [1.29, 1.82) is 0 Å². The molecule has 2 aliphatic heterocycles. The molecule has 7 heteroatoms. The quantitative estimate of drug-likeness (QED) is 0.744. The number of nitrogens with zero attached hydrogens (tertiary/aromatic N) is 2. The predicted molar refractivity (Wildman–Crippen MR) is 80.5 cm³/mol. The minimum atomic E-state index is -0.327. The van der Waals surface area contributed by atoms with Crippen molar-refractivity contribution in [2.24, 2.45) is 10.7 Å². The molecule has 1 fully saturated rings. The van der Waals surface area contributed by atoms with Crippen molar-refractivity contribution in [3.8, 4) is 0 Å². The van der Waals surface area contributed by atoms with Gasteiger partial charge in [-0.1, -0.05) is 6.58 Å². The second kappa shape index (κ2) is 6.57. The zero-order valence-electron chi connectivity index (χ0n) is 13.0. The molecule has 4 atom stereocenters. The van der Waals surface area contributed by atoms with Crippen LogP contribution in [0.25, 0.3) is 0 Å². The first kappa shape index (κ1) is 16.0. The van der Waals surface area contributed by atoms with E-state index in [4.69, 9.17) is 19.9 Å². The molecule has 118 valence electrons. The Labute approximate surface area is 125 Å². The lowest BCUT2D eigenvalue weighted by molar-refractivity contribution is -0.0804. The molecule has 0 bridgehead atoms. The van der Waals surface area contributed by atoms with Crippen LogP contribution < -0.4 is 11.1 Å². The standard InChI is InChI=1S/C14H24N4O3/c1-8-6-18(9(2)17-13(8)15)14-12(20-5)11(16-3)10(21-14)7-19-4/h6,10-12,14,16H,2,7H2,1,3-5H3,(H2,15,17)/t10-,11?,12?,14-/m1/s1. The molecule has 0 aliphatic carbocycles. The second-order valence-corrected chi connectivity index (χ2v) is 5.17. The van der Waals surface area contributed by atoms with Crippen LogP contribution in [0, 0.1) is 0 Å². The number of aliphatic imine (C=N–C) groups is 1. The highest BCUT2D eigenvalue weighted by atomic mass is 16.6. The molecule has 0 radical (unpaired) electrons. The van der Waals surface area contributed by atoms with E-state index in [0.29, 0.717) is 18.3 Å². The molecule has 0 saturated carbocycles. The Hall–Kier alpha value is -1.41. The van der Waals surface area contributed by atoms with Crippen LogP contribution in [-0.2, 0) is 14.2 Å². The number of hydrogen-bond acceptors (Lipinski definition) is 7. The zero-order valence-corrected chi connectivity index (χ0v) is 13.0. The maximum absolute atomic E-state index is 6.10. The van der Waals surface area contributed by atoms with E-state index in [9.17, 15) is 0 Å². The summed E-state index contributed by atoms with van der Waals surface area (Å²) in [5.41, 5.74) is 6.69. The third kappa shape index (κ3) is 2.96. The average molecular weight is 296 g/mol. The Morgan fingerprint density at radius 2 is 2.24 bits per heavy atom. The molecule has 2 rings (SSSR count). The van der Waals surface area contributed by atoms with Crippen molar-refractivity contribution in [2.75, 3.05) is 27.9 Å². The summed E-state index contributed by atoms with van der Waals surface area (Å²) in [5, 5.41) is 3.24. The monoisotopic (exact) mass is 296 g/mol. The summed E-state index contributed by atoms with van der Waals surface area (Å²) < 4.78 is 17.0. The Kier molecular flexibility index (Phi) is 5.00.